The van der Waals surface area contributed by atoms with Crippen molar-refractivity contribution in [2.24, 2.45) is 5.92 Å². The maximum Gasteiger partial charge on any atom is 0.137 e. The molecule has 0 saturated heterocycles. The van der Waals surface area contributed by atoms with E-state index < -0.39 is 0 Å². The standard InChI is InChI=1S/C17H18ClN/c1-11-8-12(2)14-10-15(13-6-4-3-5-7-13)17(18)19-16(14)9-11/h3-7,10-12H,8-9H2,1-2H3. The quantitative estimate of drug-likeness (QED) is 0.659. The van der Waals surface area contributed by atoms with Gasteiger partial charge in [-0.25, -0.2) is 4.98 Å². The molecule has 2 unspecified atom stereocenters. The van der Waals surface area contributed by atoms with E-state index in [9.17, 15) is 0 Å². The minimum atomic E-state index is 0.575. The molecule has 0 fully saturated rings. The lowest BCUT2D eigenvalue weighted by Crippen LogP contribution is -2.16. The average Bonchev–Trinajstić information content (AvgIpc) is 2.38. The fraction of sp³-hybridized carbons (Fsp3) is 0.353. The van der Waals surface area contributed by atoms with Crippen LogP contribution in [0.25, 0.3) is 11.1 Å². The SMILES string of the molecule is CC1Cc2nc(Cl)c(-c3ccccc3)cc2C(C)C1. The first-order valence-corrected chi connectivity index (χ1v) is 7.27. The largest absolute Gasteiger partial charge is 0.240 e. The molecule has 1 aromatic heterocycles. The Bertz CT molecular complexity index is 592. The first kappa shape index (κ1) is 12.7. The van der Waals surface area contributed by atoms with Crippen molar-refractivity contribution < 1.29 is 0 Å². The summed E-state index contributed by atoms with van der Waals surface area (Å²) in [6.45, 7) is 4.58. The van der Waals surface area contributed by atoms with E-state index in [2.05, 4.69) is 37.0 Å². The number of rotatable bonds is 1. The molecule has 0 bridgehead atoms. The number of hydrogen-bond acceptors (Lipinski definition) is 1. The third-order valence-electron chi connectivity index (χ3n) is 4.00. The predicted octanol–water partition coefficient (Wildman–Crippen LogP) is 5.09. The molecule has 2 aromatic rings. The Balaban J connectivity index is 2.12. The molecule has 0 radical (unpaired) electrons. The minimum absolute atomic E-state index is 0.575. The highest BCUT2D eigenvalue weighted by Gasteiger charge is 2.24. The average molecular weight is 272 g/mol. The van der Waals surface area contributed by atoms with E-state index in [1.54, 1.807) is 0 Å². The van der Waals surface area contributed by atoms with Crippen LogP contribution in [-0.4, -0.2) is 4.98 Å². The van der Waals surface area contributed by atoms with Crippen LogP contribution in [0, 0.1) is 5.92 Å². The van der Waals surface area contributed by atoms with Gasteiger partial charge in [0, 0.05) is 11.3 Å². The second-order valence-electron chi connectivity index (χ2n) is 5.67. The van der Waals surface area contributed by atoms with Crippen LogP contribution in [-0.2, 0) is 6.42 Å². The Morgan fingerprint density at radius 1 is 1.16 bits per heavy atom. The molecule has 1 aromatic carbocycles. The van der Waals surface area contributed by atoms with E-state index in [0.717, 1.165) is 17.5 Å². The van der Waals surface area contributed by atoms with Crippen molar-refractivity contribution in [3.8, 4) is 11.1 Å². The third kappa shape index (κ3) is 2.40. The molecule has 98 valence electrons. The van der Waals surface area contributed by atoms with E-state index in [1.165, 1.54) is 17.7 Å². The number of benzene rings is 1. The number of fused-ring (bicyclic) bond motifs is 1. The normalized spacial score (nSPS) is 22.1. The molecule has 2 heteroatoms. The van der Waals surface area contributed by atoms with Crippen molar-refractivity contribution in [1.82, 2.24) is 4.98 Å². The van der Waals surface area contributed by atoms with Crippen LogP contribution >= 0.6 is 11.6 Å². The van der Waals surface area contributed by atoms with Gasteiger partial charge in [-0.2, -0.15) is 0 Å². The molecule has 0 amide bonds. The minimum Gasteiger partial charge on any atom is -0.240 e. The number of nitrogens with zero attached hydrogens (tertiary/aromatic N) is 1. The summed E-state index contributed by atoms with van der Waals surface area (Å²) in [6.07, 6.45) is 2.29. The Morgan fingerprint density at radius 2 is 1.89 bits per heavy atom. The smallest absolute Gasteiger partial charge is 0.137 e. The Morgan fingerprint density at radius 3 is 2.63 bits per heavy atom. The monoisotopic (exact) mass is 271 g/mol. The van der Waals surface area contributed by atoms with Gasteiger partial charge in [0.25, 0.3) is 0 Å². The summed E-state index contributed by atoms with van der Waals surface area (Å²) in [7, 11) is 0. The van der Waals surface area contributed by atoms with E-state index in [0.29, 0.717) is 17.0 Å². The fourth-order valence-corrected chi connectivity index (χ4v) is 3.36. The predicted molar refractivity (Wildman–Crippen MR) is 80.6 cm³/mol. The molecular weight excluding hydrogens is 254 g/mol. The molecule has 1 nitrogen and oxygen atoms in total. The highest BCUT2D eigenvalue weighted by molar-refractivity contribution is 6.32. The van der Waals surface area contributed by atoms with Gasteiger partial charge in [-0.05, 0) is 41.9 Å². The summed E-state index contributed by atoms with van der Waals surface area (Å²) in [5, 5.41) is 0.631. The van der Waals surface area contributed by atoms with Crippen LogP contribution in [0.1, 0.15) is 37.4 Å². The molecule has 1 aliphatic carbocycles. The first-order chi connectivity index (χ1) is 9.15. The van der Waals surface area contributed by atoms with Crippen molar-refractivity contribution in [3.05, 3.63) is 52.8 Å². The number of hydrogen-bond donors (Lipinski definition) is 0. The second kappa shape index (κ2) is 4.97. The van der Waals surface area contributed by atoms with Gasteiger partial charge in [-0.1, -0.05) is 55.8 Å². The molecule has 0 saturated carbocycles. The van der Waals surface area contributed by atoms with Gasteiger partial charge in [0.2, 0.25) is 0 Å². The lowest BCUT2D eigenvalue weighted by molar-refractivity contribution is 0.442. The van der Waals surface area contributed by atoms with Crippen molar-refractivity contribution in [3.63, 3.8) is 0 Å². The van der Waals surface area contributed by atoms with Gasteiger partial charge in [0.05, 0.1) is 0 Å². The van der Waals surface area contributed by atoms with Crippen molar-refractivity contribution in [1.29, 1.82) is 0 Å². The number of aromatic nitrogens is 1. The zero-order chi connectivity index (χ0) is 13.4. The lowest BCUT2D eigenvalue weighted by Gasteiger charge is -2.27. The second-order valence-corrected chi connectivity index (χ2v) is 6.03. The number of pyridine rings is 1. The van der Waals surface area contributed by atoms with Crippen LogP contribution < -0.4 is 0 Å². The van der Waals surface area contributed by atoms with E-state index >= 15 is 0 Å². The summed E-state index contributed by atoms with van der Waals surface area (Å²) in [6, 6.07) is 12.5. The maximum atomic E-state index is 6.38. The van der Waals surface area contributed by atoms with Crippen molar-refractivity contribution >= 4 is 11.6 Å². The van der Waals surface area contributed by atoms with Crippen LogP contribution in [0.3, 0.4) is 0 Å². The molecule has 1 aliphatic rings. The molecular formula is C17H18ClN. The molecule has 2 atom stereocenters. The summed E-state index contributed by atoms with van der Waals surface area (Å²) in [5.41, 5.74) is 4.77. The van der Waals surface area contributed by atoms with E-state index in [4.69, 9.17) is 11.6 Å². The first-order valence-electron chi connectivity index (χ1n) is 6.90. The van der Waals surface area contributed by atoms with E-state index in [-0.39, 0.29) is 0 Å². The van der Waals surface area contributed by atoms with Gasteiger partial charge in [0.15, 0.2) is 0 Å². The van der Waals surface area contributed by atoms with Crippen LogP contribution in [0.15, 0.2) is 36.4 Å². The zero-order valence-electron chi connectivity index (χ0n) is 11.4. The molecule has 0 aliphatic heterocycles. The highest BCUT2D eigenvalue weighted by Crippen LogP contribution is 2.38. The summed E-state index contributed by atoms with van der Waals surface area (Å²) in [5.74, 6) is 1.28. The van der Waals surface area contributed by atoms with Crippen molar-refractivity contribution in [2.45, 2.75) is 32.6 Å². The zero-order valence-corrected chi connectivity index (χ0v) is 12.1. The van der Waals surface area contributed by atoms with Gasteiger partial charge in [-0.15, -0.1) is 0 Å². The molecule has 3 rings (SSSR count). The Kier molecular flexibility index (Phi) is 3.32. The van der Waals surface area contributed by atoms with Gasteiger partial charge in [0.1, 0.15) is 5.15 Å². The third-order valence-corrected chi connectivity index (χ3v) is 4.29. The van der Waals surface area contributed by atoms with Crippen molar-refractivity contribution in [2.75, 3.05) is 0 Å². The molecule has 19 heavy (non-hydrogen) atoms. The topological polar surface area (TPSA) is 12.9 Å². The Labute approximate surface area is 119 Å². The lowest BCUT2D eigenvalue weighted by atomic mass is 9.80. The van der Waals surface area contributed by atoms with Crippen LogP contribution in [0.5, 0.6) is 0 Å². The van der Waals surface area contributed by atoms with Gasteiger partial charge < -0.3 is 0 Å². The maximum absolute atomic E-state index is 6.38. The molecule has 0 spiro atoms. The van der Waals surface area contributed by atoms with Gasteiger partial charge in [-0.3, -0.25) is 0 Å². The van der Waals surface area contributed by atoms with E-state index in [1.807, 2.05) is 18.2 Å². The van der Waals surface area contributed by atoms with Gasteiger partial charge >= 0.3 is 0 Å². The highest BCUT2D eigenvalue weighted by atomic mass is 35.5. The van der Waals surface area contributed by atoms with Crippen LogP contribution in [0.4, 0.5) is 0 Å². The molecule has 1 heterocycles. The fourth-order valence-electron chi connectivity index (χ4n) is 3.10. The Hall–Kier alpha value is -1.34. The van der Waals surface area contributed by atoms with Crippen LogP contribution in [0.2, 0.25) is 5.15 Å². The summed E-state index contributed by atoms with van der Waals surface area (Å²) >= 11 is 6.38. The number of halogens is 1. The summed E-state index contributed by atoms with van der Waals surface area (Å²) < 4.78 is 0. The summed E-state index contributed by atoms with van der Waals surface area (Å²) in [4.78, 5) is 4.66. The molecule has 0 N–H and O–H groups in total.